The molecule has 0 saturated heterocycles. The SMILES string of the molecule is CC(=N)/C(C(=N)COc1cccc(COc2ccc(CCC(=O)O)cc2)c1)=C(/C)O. The molecule has 0 fully saturated rings. The van der Waals surface area contributed by atoms with E-state index in [2.05, 4.69) is 0 Å². The van der Waals surface area contributed by atoms with E-state index in [1.165, 1.54) is 13.8 Å². The van der Waals surface area contributed by atoms with Crippen molar-refractivity contribution in [1.29, 1.82) is 10.8 Å². The largest absolute Gasteiger partial charge is 0.512 e. The lowest BCUT2D eigenvalue weighted by Crippen LogP contribution is -2.18. The van der Waals surface area contributed by atoms with Crippen LogP contribution in [0, 0.1) is 10.8 Å². The first-order valence-electron chi connectivity index (χ1n) is 9.44. The minimum atomic E-state index is -0.820. The van der Waals surface area contributed by atoms with Crippen molar-refractivity contribution in [2.24, 2.45) is 0 Å². The monoisotopic (exact) mass is 410 g/mol. The molecule has 2 aromatic carbocycles. The van der Waals surface area contributed by atoms with E-state index in [0.717, 1.165) is 11.1 Å². The molecule has 0 bridgehead atoms. The molecule has 2 aromatic rings. The Morgan fingerprint density at radius 3 is 2.23 bits per heavy atom. The first kappa shape index (κ1) is 22.7. The predicted molar refractivity (Wildman–Crippen MR) is 115 cm³/mol. The Bertz CT molecular complexity index is 944. The van der Waals surface area contributed by atoms with Gasteiger partial charge in [-0.25, -0.2) is 0 Å². The summed E-state index contributed by atoms with van der Waals surface area (Å²) < 4.78 is 11.4. The second-order valence-electron chi connectivity index (χ2n) is 6.83. The Morgan fingerprint density at radius 2 is 1.63 bits per heavy atom. The van der Waals surface area contributed by atoms with E-state index in [9.17, 15) is 9.90 Å². The van der Waals surface area contributed by atoms with E-state index in [1.54, 1.807) is 12.1 Å². The quantitative estimate of drug-likeness (QED) is 0.319. The summed E-state index contributed by atoms with van der Waals surface area (Å²) in [5.74, 6) is 0.339. The van der Waals surface area contributed by atoms with Crippen LogP contribution < -0.4 is 9.47 Å². The summed E-state index contributed by atoms with van der Waals surface area (Å²) in [4.78, 5) is 10.6. The van der Waals surface area contributed by atoms with Gasteiger partial charge < -0.3 is 30.5 Å². The van der Waals surface area contributed by atoms with Crippen molar-refractivity contribution in [2.45, 2.75) is 33.3 Å². The van der Waals surface area contributed by atoms with Crippen molar-refractivity contribution in [2.75, 3.05) is 6.61 Å². The summed E-state index contributed by atoms with van der Waals surface area (Å²) >= 11 is 0. The van der Waals surface area contributed by atoms with Gasteiger partial charge in [-0.05, 0) is 55.7 Å². The highest BCUT2D eigenvalue weighted by Crippen LogP contribution is 2.18. The average Bonchev–Trinajstić information content (AvgIpc) is 2.69. The molecule has 0 atom stereocenters. The number of carboxylic acids is 1. The maximum Gasteiger partial charge on any atom is 0.303 e. The molecule has 0 saturated carbocycles. The number of aliphatic hydroxyl groups is 1. The molecule has 2 rings (SSSR count). The first-order valence-corrected chi connectivity index (χ1v) is 9.44. The number of ether oxygens (including phenoxy) is 2. The molecule has 0 aliphatic heterocycles. The molecule has 7 heteroatoms. The van der Waals surface area contributed by atoms with Gasteiger partial charge in [0.2, 0.25) is 0 Å². The van der Waals surface area contributed by atoms with Gasteiger partial charge in [0.15, 0.2) is 0 Å². The second-order valence-corrected chi connectivity index (χ2v) is 6.83. The number of carboxylic acid groups (broad SMARTS) is 1. The molecule has 0 amide bonds. The molecule has 0 spiro atoms. The fraction of sp³-hybridized carbons (Fsp3) is 0.261. The molecule has 30 heavy (non-hydrogen) atoms. The molecule has 0 aliphatic rings. The van der Waals surface area contributed by atoms with Gasteiger partial charge in [-0.3, -0.25) is 4.79 Å². The topological polar surface area (TPSA) is 124 Å². The number of carbonyl (C=O) groups is 1. The second kappa shape index (κ2) is 10.8. The van der Waals surface area contributed by atoms with Crippen molar-refractivity contribution in [3.63, 3.8) is 0 Å². The minimum Gasteiger partial charge on any atom is -0.512 e. The number of allylic oxidation sites excluding steroid dienone is 1. The highest BCUT2D eigenvalue weighted by molar-refractivity contribution is 6.22. The lowest BCUT2D eigenvalue weighted by atomic mass is 10.1. The van der Waals surface area contributed by atoms with Crippen LogP contribution in [0.1, 0.15) is 31.4 Å². The van der Waals surface area contributed by atoms with Gasteiger partial charge in [0.05, 0.1) is 11.3 Å². The molecule has 0 unspecified atom stereocenters. The standard InChI is InChI=1S/C23H26N2O5/c1-15(24)23(16(2)26)21(25)14-30-20-5-3-4-18(12-20)13-29-19-9-6-17(7-10-19)8-11-22(27)28/h3-7,9-10,12,24-26H,8,11,13-14H2,1-2H3,(H,27,28)/b23-16+,24-15?,25-21?. The third-order valence-electron chi connectivity index (χ3n) is 4.28. The van der Waals surface area contributed by atoms with Gasteiger partial charge in [-0.2, -0.15) is 0 Å². The summed E-state index contributed by atoms with van der Waals surface area (Å²) in [6, 6.07) is 14.6. The molecule has 0 radical (unpaired) electrons. The van der Waals surface area contributed by atoms with Crippen molar-refractivity contribution in [3.05, 3.63) is 71.0 Å². The lowest BCUT2D eigenvalue weighted by Gasteiger charge is -2.12. The number of aliphatic carboxylic acids is 1. The van der Waals surface area contributed by atoms with E-state index >= 15 is 0 Å². The number of aryl methyl sites for hydroxylation is 1. The Hall–Kier alpha value is -3.61. The molecule has 4 N–H and O–H groups in total. The smallest absolute Gasteiger partial charge is 0.303 e. The van der Waals surface area contributed by atoms with Crippen LogP contribution in [0.4, 0.5) is 0 Å². The zero-order valence-electron chi connectivity index (χ0n) is 17.1. The normalized spacial score (nSPS) is 11.4. The number of hydrogen-bond acceptors (Lipinski definition) is 6. The van der Waals surface area contributed by atoms with Crippen LogP contribution >= 0.6 is 0 Å². The summed E-state index contributed by atoms with van der Waals surface area (Å²) in [7, 11) is 0. The fourth-order valence-electron chi connectivity index (χ4n) is 2.84. The van der Waals surface area contributed by atoms with Crippen LogP contribution in [0.2, 0.25) is 0 Å². The molecule has 158 valence electrons. The average molecular weight is 410 g/mol. The van der Waals surface area contributed by atoms with Crippen molar-refractivity contribution < 1.29 is 24.5 Å². The molecular formula is C23H26N2O5. The molecule has 0 aliphatic carbocycles. The zero-order chi connectivity index (χ0) is 22.1. The minimum absolute atomic E-state index is 0.0344. The van der Waals surface area contributed by atoms with Crippen LogP contribution in [0.25, 0.3) is 0 Å². The van der Waals surface area contributed by atoms with Crippen LogP contribution in [0.15, 0.2) is 59.9 Å². The number of nitrogens with one attached hydrogen (secondary N) is 2. The number of aliphatic hydroxyl groups excluding tert-OH is 1. The van der Waals surface area contributed by atoms with E-state index in [0.29, 0.717) is 24.5 Å². The number of benzene rings is 2. The van der Waals surface area contributed by atoms with Crippen LogP contribution in [0.3, 0.4) is 0 Å². The summed E-state index contributed by atoms with van der Waals surface area (Å²) in [5, 5.41) is 34.1. The van der Waals surface area contributed by atoms with Gasteiger partial charge in [0, 0.05) is 12.1 Å². The van der Waals surface area contributed by atoms with E-state index in [1.807, 2.05) is 36.4 Å². The lowest BCUT2D eigenvalue weighted by molar-refractivity contribution is -0.136. The first-order chi connectivity index (χ1) is 14.3. The third kappa shape index (κ3) is 7.09. The Labute approximate surface area is 175 Å². The van der Waals surface area contributed by atoms with Crippen LogP contribution in [-0.4, -0.2) is 34.2 Å². The van der Waals surface area contributed by atoms with Gasteiger partial charge in [0.25, 0.3) is 0 Å². The molecule has 0 heterocycles. The maximum atomic E-state index is 10.6. The maximum absolute atomic E-state index is 10.6. The summed E-state index contributed by atoms with van der Waals surface area (Å²) in [6.45, 7) is 3.22. The summed E-state index contributed by atoms with van der Waals surface area (Å²) in [6.07, 6.45) is 0.577. The van der Waals surface area contributed by atoms with Crippen molar-refractivity contribution in [3.8, 4) is 11.5 Å². The molecule has 0 aromatic heterocycles. The zero-order valence-corrected chi connectivity index (χ0v) is 17.1. The predicted octanol–water partition coefficient (Wildman–Crippen LogP) is 4.55. The van der Waals surface area contributed by atoms with Crippen LogP contribution in [0.5, 0.6) is 11.5 Å². The van der Waals surface area contributed by atoms with Gasteiger partial charge in [-0.1, -0.05) is 24.3 Å². The Balaban J connectivity index is 1.91. The van der Waals surface area contributed by atoms with Gasteiger partial charge in [-0.15, -0.1) is 0 Å². The van der Waals surface area contributed by atoms with Crippen molar-refractivity contribution >= 4 is 17.4 Å². The summed E-state index contributed by atoms with van der Waals surface area (Å²) in [5.41, 5.74) is 2.15. The molecular weight excluding hydrogens is 384 g/mol. The molecule has 7 nitrogen and oxygen atoms in total. The van der Waals surface area contributed by atoms with Crippen LogP contribution in [-0.2, 0) is 17.8 Å². The highest BCUT2D eigenvalue weighted by atomic mass is 16.5. The number of rotatable bonds is 11. The fourth-order valence-corrected chi connectivity index (χ4v) is 2.84. The van der Waals surface area contributed by atoms with E-state index < -0.39 is 5.97 Å². The number of hydrogen-bond donors (Lipinski definition) is 4. The highest BCUT2D eigenvalue weighted by Gasteiger charge is 2.12. The Morgan fingerprint density at radius 1 is 0.933 bits per heavy atom. The Kier molecular flexibility index (Phi) is 8.17. The van der Waals surface area contributed by atoms with E-state index in [-0.39, 0.29) is 35.8 Å². The van der Waals surface area contributed by atoms with Gasteiger partial charge >= 0.3 is 5.97 Å². The van der Waals surface area contributed by atoms with Crippen molar-refractivity contribution in [1.82, 2.24) is 0 Å². The van der Waals surface area contributed by atoms with Gasteiger partial charge in [0.1, 0.15) is 30.5 Å². The van der Waals surface area contributed by atoms with E-state index in [4.69, 9.17) is 25.4 Å². The third-order valence-corrected chi connectivity index (χ3v) is 4.28.